The number of amides is 2. The zero-order chi connectivity index (χ0) is 22.3. The number of rotatable bonds is 8. The number of nitrogens with one attached hydrogen (secondary N) is 2. The Morgan fingerprint density at radius 2 is 1.70 bits per heavy atom. The van der Waals surface area contributed by atoms with Crippen LogP contribution in [0.1, 0.15) is 29.8 Å². The molecule has 2 amide bonds. The number of nitro benzene ring substituents is 1. The Balaban J connectivity index is 2.40. The average Bonchev–Trinajstić information content (AvgIpc) is 2.71. The summed E-state index contributed by atoms with van der Waals surface area (Å²) in [6.45, 7) is 3.18. The van der Waals surface area contributed by atoms with Crippen molar-refractivity contribution in [3.05, 3.63) is 81.5 Å². The first-order valence-electron chi connectivity index (χ1n) is 9.03. The number of carbonyl (C=O) groups excluding carboxylic acids is 3. The van der Waals surface area contributed by atoms with Crippen LogP contribution < -0.4 is 15.7 Å². The van der Waals surface area contributed by atoms with Crippen LogP contribution in [0, 0.1) is 16.0 Å². The van der Waals surface area contributed by atoms with Crippen LogP contribution in [-0.4, -0.2) is 28.7 Å². The van der Waals surface area contributed by atoms with Gasteiger partial charge in [0, 0.05) is 17.7 Å². The van der Waals surface area contributed by atoms with Crippen LogP contribution in [0.5, 0.6) is 0 Å². The van der Waals surface area contributed by atoms with Crippen molar-refractivity contribution in [3.63, 3.8) is 0 Å². The van der Waals surface area contributed by atoms with E-state index >= 15 is 0 Å². The summed E-state index contributed by atoms with van der Waals surface area (Å²) in [5.41, 5.74) is 0.0803. The van der Waals surface area contributed by atoms with Gasteiger partial charge in [-0.2, -0.15) is 0 Å². The number of hydrogen-bond donors (Lipinski definition) is 2. The van der Waals surface area contributed by atoms with Crippen molar-refractivity contribution >= 4 is 29.5 Å². The van der Waals surface area contributed by atoms with E-state index in [0.717, 1.165) is 0 Å². The molecule has 9 heteroatoms. The molecule has 156 valence electrons. The number of carbonyl (C=O) groups is 3. The maximum atomic E-state index is 12.7. The highest BCUT2D eigenvalue weighted by Gasteiger charge is 2.21. The predicted molar refractivity (Wildman–Crippen MR) is 107 cm³/mol. The van der Waals surface area contributed by atoms with Crippen LogP contribution >= 0.6 is 0 Å². The minimum Gasteiger partial charge on any atom is -0.548 e. The van der Waals surface area contributed by atoms with Gasteiger partial charge in [-0.3, -0.25) is 19.7 Å². The molecule has 2 rings (SSSR count). The average molecular weight is 410 g/mol. The lowest BCUT2D eigenvalue weighted by Crippen LogP contribution is -2.52. The minimum atomic E-state index is -1.47. The van der Waals surface area contributed by atoms with Gasteiger partial charge in [-0.15, -0.1) is 0 Å². The van der Waals surface area contributed by atoms with Crippen molar-refractivity contribution in [1.82, 2.24) is 10.6 Å². The highest BCUT2D eigenvalue weighted by molar-refractivity contribution is 6.06. The molecule has 0 spiro atoms. The second-order valence-corrected chi connectivity index (χ2v) is 6.74. The molecule has 0 aromatic heterocycles. The molecule has 0 aliphatic rings. The number of aliphatic carboxylic acids is 1. The Morgan fingerprint density at radius 3 is 2.27 bits per heavy atom. The number of carboxylic acid groups (broad SMARTS) is 1. The monoisotopic (exact) mass is 410 g/mol. The lowest BCUT2D eigenvalue weighted by molar-refractivity contribution is -0.384. The molecule has 2 aromatic rings. The van der Waals surface area contributed by atoms with E-state index in [-0.39, 0.29) is 22.5 Å². The summed E-state index contributed by atoms with van der Waals surface area (Å²) in [5.74, 6) is -3.41. The van der Waals surface area contributed by atoms with Gasteiger partial charge in [0.2, 0.25) is 0 Å². The van der Waals surface area contributed by atoms with Crippen molar-refractivity contribution < 1.29 is 24.4 Å². The molecule has 0 aliphatic heterocycles. The Morgan fingerprint density at radius 1 is 1.03 bits per heavy atom. The molecule has 1 atom stereocenters. The van der Waals surface area contributed by atoms with Gasteiger partial charge in [-0.25, -0.2) is 0 Å². The SMILES string of the molecule is CC(C)[C@@H](NC(=O)C(=Cc1cccc([N+](=O)[O-])c1)NC(=O)c1ccccc1)C(=O)[O-]. The summed E-state index contributed by atoms with van der Waals surface area (Å²) < 4.78 is 0. The zero-order valence-corrected chi connectivity index (χ0v) is 16.3. The number of nitrogens with zero attached hydrogens (tertiary/aromatic N) is 1. The summed E-state index contributed by atoms with van der Waals surface area (Å²) in [4.78, 5) is 47.0. The molecule has 0 saturated heterocycles. The lowest BCUT2D eigenvalue weighted by Gasteiger charge is -2.24. The lowest BCUT2D eigenvalue weighted by atomic mass is 10.0. The van der Waals surface area contributed by atoms with Gasteiger partial charge in [-0.05, 0) is 29.7 Å². The molecular weight excluding hydrogens is 390 g/mol. The Hall–Kier alpha value is -4.01. The van der Waals surface area contributed by atoms with E-state index in [1.165, 1.54) is 42.5 Å². The van der Waals surface area contributed by atoms with Gasteiger partial charge in [-0.1, -0.05) is 44.2 Å². The fourth-order valence-corrected chi connectivity index (χ4v) is 2.55. The van der Waals surface area contributed by atoms with Crippen LogP contribution in [0.3, 0.4) is 0 Å². The molecular formula is C21H20N3O6-. The predicted octanol–water partition coefficient (Wildman–Crippen LogP) is 1.26. The Bertz CT molecular complexity index is 985. The second-order valence-electron chi connectivity index (χ2n) is 6.74. The molecule has 0 bridgehead atoms. The summed E-state index contributed by atoms with van der Waals surface area (Å²) >= 11 is 0. The summed E-state index contributed by atoms with van der Waals surface area (Å²) in [7, 11) is 0. The van der Waals surface area contributed by atoms with Gasteiger partial charge in [0.25, 0.3) is 17.5 Å². The molecule has 2 N–H and O–H groups in total. The third-order valence-electron chi connectivity index (χ3n) is 4.13. The molecule has 2 aromatic carbocycles. The first-order valence-corrected chi connectivity index (χ1v) is 9.03. The van der Waals surface area contributed by atoms with Gasteiger partial charge < -0.3 is 20.5 Å². The van der Waals surface area contributed by atoms with E-state index in [1.807, 2.05) is 0 Å². The van der Waals surface area contributed by atoms with Crippen LogP contribution in [0.2, 0.25) is 0 Å². The van der Waals surface area contributed by atoms with E-state index in [9.17, 15) is 29.6 Å². The molecule has 0 fully saturated rings. The van der Waals surface area contributed by atoms with E-state index in [1.54, 1.807) is 32.0 Å². The highest BCUT2D eigenvalue weighted by atomic mass is 16.6. The maximum absolute atomic E-state index is 12.7. The zero-order valence-electron chi connectivity index (χ0n) is 16.3. The Kier molecular flexibility index (Phi) is 7.40. The van der Waals surface area contributed by atoms with E-state index in [2.05, 4.69) is 10.6 Å². The topological polar surface area (TPSA) is 141 Å². The normalized spacial score (nSPS) is 12.2. The fraction of sp³-hybridized carbons (Fsp3) is 0.190. The van der Waals surface area contributed by atoms with Gasteiger partial charge in [0.15, 0.2) is 0 Å². The number of non-ortho nitro benzene ring substituents is 1. The number of nitro groups is 1. The third kappa shape index (κ3) is 5.99. The molecule has 9 nitrogen and oxygen atoms in total. The van der Waals surface area contributed by atoms with Crippen LogP contribution in [0.15, 0.2) is 60.3 Å². The molecule has 0 unspecified atom stereocenters. The van der Waals surface area contributed by atoms with Crippen molar-refractivity contribution in [2.45, 2.75) is 19.9 Å². The van der Waals surface area contributed by atoms with E-state index in [4.69, 9.17) is 0 Å². The minimum absolute atomic E-state index is 0.201. The van der Waals surface area contributed by atoms with Crippen LogP contribution in [-0.2, 0) is 9.59 Å². The molecule has 30 heavy (non-hydrogen) atoms. The van der Waals surface area contributed by atoms with Crippen LogP contribution in [0.4, 0.5) is 5.69 Å². The quantitative estimate of drug-likeness (QED) is 0.381. The number of benzene rings is 2. The number of hydrogen-bond acceptors (Lipinski definition) is 6. The molecule has 0 heterocycles. The summed E-state index contributed by atoms with van der Waals surface area (Å²) in [6.07, 6.45) is 1.23. The standard InChI is InChI=1S/C21H21N3O6/c1-13(2)18(21(27)28)23-20(26)17(22-19(25)15-8-4-3-5-9-15)12-14-7-6-10-16(11-14)24(29)30/h3-13,18H,1-2H3,(H,22,25)(H,23,26)(H,27,28)/p-1/t18-/m1/s1. The second kappa shape index (κ2) is 9.97. The van der Waals surface area contributed by atoms with Crippen molar-refractivity contribution in [1.29, 1.82) is 0 Å². The number of carboxylic acids is 1. The van der Waals surface area contributed by atoms with Crippen molar-refractivity contribution in [2.75, 3.05) is 0 Å². The maximum Gasteiger partial charge on any atom is 0.270 e. The van der Waals surface area contributed by atoms with Gasteiger partial charge >= 0.3 is 0 Å². The van der Waals surface area contributed by atoms with E-state index in [0.29, 0.717) is 0 Å². The Labute approximate surface area is 172 Å². The summed E-state index contributed by atoms with van der Waals surface area (Å²) in [5, 5.41) is 27.1. The van der Waals surface area contributed by atoms with Crippen LogP contribution in [0.25, 0.3) is 6.08 Å². The van der Waals surface area contributed by atoms with Crippen molar-refractivity contribution in [2.24, 2.45) is 5.92 Å². The van der Waals surface area contributed by atoms with E-state index < -0.39 is 34.7 Å². The van der Waals surface area contributed by atoms with Crippen molar-refractivity contribution in [3.8, 4) is 0 Å². The van der Waals surface area contributed by atoms with Gasteiger partial charge in [0.1, 0.15) is 5.70 Å². The third-order valence-corrected chi connectivity index (χ3v) is 4.13. The highest BCUT2D eigenvalue weighted by Crippen LogP contribution is 2.16. The molecule has 0 radical (unpaired) electrons. The first-order chi connectivity index (χ1) is 14.2. The fourth-order valence-electron chi connectivity index (χ4n) is 2.55. The molecule has 0 saturated carbocycles. The smallest absolute Gasteiger partial charge is 0.270 e. The van der Waals surface area contributed by atoms with Gasteiger partial charge in [0.05, 0.1) is 16.9 Å². The molecule has 0 aliphatic carbocycles. The largest absolute Gasteiger partial charge is 0.548 e. The first kappa shape index (κ1) is 22.3. The summed E-state index contributed by atoms with van der Waals surface area (Å²) in [6, 6.07) is 12.2.